The second-order valence-electron chi connectivity index (χ2n) is 6.45. The van der Waals surface area contributed by atoms with Crippen molar-refractivity contribution in [3.8, 4) is 0 Å². The molecular weight excluding hydrogens is 294 g/mol. The molecule has 24 heavy (non-hydrogen) atoms. The van der Waals surface area contributed by atoms with Gasteiger partial charge in [0.2, 0.25) is 0 Å². The lowest BCUT2D eigenvalue weighted by Crippen LogP contribution is -2.45. The van der Waals surface area contributed by atoms with E-state index in [9.17, 15) is 4.79 Å². The topological polar surface area (TPSA) is 20.3 Å². The summed E-state index contributed by atoms with van der Waals surface area (Å²) in [5, 5.41) is 0. The van der Waals surface area contributed by atoms with Gasteiger partial charge in [-0.3, -0.25) is 9.69 Å². The monoisotopic (exact) mass is 319 g/mol. The van der Waals surface area contributed by atoms with Gasteiger partial charge in [0, 0.05) is 31.0 Å². The number of piperidine rings is 1. The fraction of sp³-hybridized carbons (Fsp3) is 0.318. The molecule has 2 heteroatoms. The van der Waals surface area contributed by atoms with Crippen LogP contribution in [0.3, 0.4) is 0 Å². The van der Waals surface area contributed by atoms with Crippen molar-refractivity contribution in [3.63, 3.8) is 0 Å². The predicted octanol–water partition coefficient (Wildman–Crippen LogP) is 4.96. The van der Waals surface area contributed by atoms with E-state index in [1.165, 1.54) is 11.1 Å². The molecule has 1 heterocycles. The number of nitrogens with zero attached hydrogens (tertiary/aromatic N) is 1. The smallest absolute Gasteiger partial charge is 0.139 e. The van der Waals surface area contributed by atoms with Gasteiger partial charge in [0.1, 0.15) is 5.78 Å². The Hall–Kier alpha value is -2.19. The highest BCUT2D eigenvalue weighted by Crippen LogP contribution is 2.44. The molecule has 2 aromatic rings. The van der Waals surface area contributed by atoms with Gasteiger partial charge < -0.3 is 0 Å². The Morgan fingerprint density at radius 1 is 1.04 bits per heavy atom. The minimum atomic E-state index is 0.0484. The molecule has 0 aromatic heterocycles. The average Bonchev–Trinajstić information content (AvgIpc) is 2.64. The summed E-state index contributed by atoms with van der Waals surface area (Å²) >= 11 is 0. The number of ketones is 1. The molecule has 0 amide bonds. The molecule has 124 valence electrons. The number of carbonyl (C=O) groups excluding carboxylic acids is 1. The van der Waals surface area contributed by atoms with Crippen molar-refractivity contribution in [2.75, 3.05) is 6.54 Å². The summed E-state index contributed by atoms with van der Waals surface area (Å²) in [6.07, 6.45) is 3.40. The van der Waals surface area contributed by atoms with Gasteiger partial charge >= 0.3 is 0 Å². The van der Waals surface area contributed by atoms with Crippen LogP contribution in [0.2, 0.25) is 0 Å². The van der Waals surface area contributed by atoms with E-state index in [-0.39, 0.29) is 18.0 Å². The Morgan fingerprint density at radius 3 is 2.17 bits per heavy atom. The van der Waals surface area contributed by atoms with E-state index in [2.05, 4.69) is 66.9 Å². The molecule has 3 rings (SSSR count). The van der Waals surface area contributed by atoms with Crippen molar-refractivity contribution in [1.29, 1.82) is 0 Å². The van der Waals surface area contributed by atoms with Crippen LogP contribution in [0.1, 0.15) is 43.0 Å². The fourth-order valence-corrected chi connectivity index (χ4v) is 3.96. The zero-order valence-electron chi connectivity index (χ0n) is 14.3. The van der Waals surface area contributed by atoms with Crippen molar-refractivity contribution < 1.29 is 4.79 Å². The third-order valence-electron chi connectivity index (χ3n) is 5.05. The van der Waals surface area contributed by atoms with E-state index in [4.69, 9.17) is 0 Å². The number of Topliss-reactive ketones (excluding diaryl/α,β-unsaturated/α-hetero) is 1. The van der Waals surface area contributed by atoms with Crippen molar-refractivity contribution in [2.24, 2.45) is 5.92 Å². The molecule has 1 saturated heterocycles. The number of hydrogen-bond donors (Lipinski definition) is 0. The van der Waals surface area contributed by atoms with E-state index in [1.807, 2.05) is 18.2 Å². The molecule has 0 bridgehead atoms. The minimum Gasteiger partial charge on any atom is -0.299 e. The normalized spacial score (nSPS) is 24.7. The molecule has 1 aliphatic rings. The standard InChI is InChI=1S/C22H25NO/c1-3-15-23-20(17-11-7-5-8-12-17)16-21(24)19(4-2)22(23)18-13-9-6-10-14-18/h3,5-14,19-20,22H,1,4,15-16H2,2H3. The van der Waals surface area contributed by atoms with E-state index in [0.29, 0.717) is 12.2 Å². The largest absolute Gasteiger partial charge is 0.299 e. The van der Waals surface area contributed by atoms with Crippen molar-refractivity contribution in [2.45, 2.75) is 31.8 Å². The molecule has 0 saturated carbocycles. The summed E-state index contributed by atoms with van der Waals surface area (Å²) in [7, 11) is 0. The molecule has 3 unspecified atom stereocenters. The quantitative estimate of drug-likeness (QED) is 0.726. The maximum Gasteiger partial charge on any atom is 0.139 e. The Labute approximate surface area is 144 Å². The van der Waals surface area contributed by atoms with Crippen LogP contribution in [0.15, 0.2) is 73.3 Å². The second-order valence-corrected chi connectivity index (χ2v) is 6.45. The van der Waals surface area contributed by atoms with E-state index >= 15 is 0 Å². The number of likely N-dealkylation sites (tertiary alicyclic amines) is 1. The molecule has 0 spiro atoms. The van der Waals surface area contributed by atoms with Crippen LogP contribution < -0.4 is 0 Å². The Morgan fingerprint density at radius 2 is 1.62 bits per heavy atom. The van der Waals surface area contributed by atoms with Crippen LogP contribution in [0.4, 0.5) is 0 Å². The lowest BCUT2D eigenvalue weighted by atomic mass is 9.77. The van der Waals surface area contributed by atoms with Crippen LogP contribution in [0.25, 0.3) is 0 Å². The van der Waals surface area contributed by atoms with Crippen LogP contribution in [-0.2, 0) is 4.79 Å². The summed E-state index contributed by atoms with van der Waals surface area (Å²) < 4.78 is 0. The number of carbonyl (C=O) groups is 1. The summed E-state index contributed by atoms with van der Waals surface area (Å²) in [6.45, 7) is 6.85. The fourth-order valence-electron chi connectivity index (χ4n) is 3.96. The average molecular weight is 319 g/mol. The molecule has 0 radical (unpaired) electrons. The first-order valence-corrected chi connectivity index (χ1v) is 8.75. The Kier molecular flexibility index (Phi) is 5.27. The second kappa shape index (κ2) is 7.59. The highest BCUT2D eigenvalue weighted by molar-refractivity contribution is 5.83. The van der Waals surface area contributed by atoms with Gasteiger partial charge in [0.25, 0.3) is 0 Å². The number of rotatable bonds is 5. The van der Waals surface area contributed by atoms with Crippen LogP contribution in [0, 0.1) is 5.92 Å². The van der Waals surface area contributed by atoms with Crippen LogP contribution in [0.5, 0.6) is 0 Å². The highest BCUT2D eigenvalue weighted by atomic mass is 16.1. The van der Waals surface area contributed by atoms with Gasteiger partial charge in [-0.05, 0) is 17.5 Å². The molecule has 1 aliphatic heterocycles. The third kappa shape index (κ3) is 3.20. The first-order valence-electron chi connectivity index (χ1n) is 8.75. The van der Waals surface area contributed by atoms with Crippen LogP contribution in [-0.4, -0.2) is 17.2 Å². The highest BCUT2D eigenvalue weighted by Gasteiger charge is 2.42. The zero-order chi connectivity index (χ0) is 16.9. The predicted molar refractivity (Wildman–Crippen MR) is 98.7 cm³/mol. The van der Waals surface area contributed by atoms with E-state index in [0.717, 1.165) is 13.0 Å². The first-order chi connectivity index (χ1) is 11.8. The molecule has 1 fully saturated rings. The van der Waals surface area contributed by atoms with Gasteiger partial charge in [0.05, 0.1) is 0 Å². The number of benzene rings is 2. The minimum absolute atomic E-state index is 0.0484. The molecule has 3 atom stereocenters. The van der Waals surface area contributed by atoms with Gasteiger partial charge in [-0.15, -0.1) is 6.58 Å². The Balaban J connectivity index is 2.06. The van der Waals surface area contributed by atoms with Gasteiger partial charge in [-0.2, -0.15) is 0 Å². The zero-order valence-corrected chi connectivity index (χ0v) is 14.3. The van der Waals surface area contributed by atoms with Crippen molar-refractivity contribution in [3.05, 3.63) is 84.4 Å². The SMILES string of the molecule is C=CCN1C(c2ccccc2)CC(=O)C(CC)C1c1ccccc1. The summed E-state index contributed by atoms with van der Waals surface area (Å²) in [5.41, 5.74) is 2.43. The molecule has 0 N–H and O–H groups in total. The summed E-state index contributed by atoms with van der Waals surface area (Å²) in [5.74, 6) is 0.424. The third-order valence-corrected chi connectivity index (χ3v) is 5.05. The van der Waals surface area contributed by atoms with E-state index in [1.54, 1.807) is 0 Å². The molecule has 0 aliphatic carbocycles. The lowest BCUT2D eigenvalue weighted by Gasteiger charge is -2.45. The van der Waals surface area contributed by atoms with Crippen molar-refractivity contribution >= 4 is 5.78 Å². The summed E-state index contributed by atoms with van der Waals surface area (Å²) in [4.78, 5) is 15.3. The van der Waals surface area contributed by atoms with Crippen molar-refractivity contribution in [1.82, 2.24) is 4.90 Å². The Bertz CT molecular complexity index is 680. The van der Waals surface area contributed by atoms with Gasteiger partial charge in [0.15, 0.2) is 0 Å². The van der Waals surface area contributed by atoms with Crippen LogP contribution >= 0.6 is 0 Å². The summed E-state index contributed by atoms with van der Waals surface area (Å²) in [6, 6.07) is 21.0. The lowest BCUT2D eigenvalue weighted by molar-refractivity contribution is -0.132. The van der Waals surface area contributed by atoms with E-state index < -0.39 is 0 Å². The maximum atomic E-state index is 12.9. The molecular formula is C22H25NO. The first kappa shape index (κ1) is 16.7. The van der Waals surface area contributed by atoms with Gasteiger partial charge in [-0.25, -0.2) is 0 Å². The molecule has 2 nitrogen and oxygen atoms in total. The molecule has 2 aromatic carbocycles. The maximum absolute atomic E-state index is 12.9. The number of hydrogen-bond acceptors (Lipinski definition) is 2. The van der Waals surface area contributed by atoms with Gasteiger partial charge in [-0.1, -0.05) is 73.7 Å².